The number of halogens is 1. The highest BCUT2D eigenvalue weighted by atomic mass is 35.5. The Labute approximate surface area is 101 Å². The van der Waals surface area contributed by atoms with E-state index >= 15 is 0 Å². The molecule has 1 saturated heterocycles. The normalized spacial score (nSPS) is 24.6. The summed E-state index contributed by atoms with van der Waals surface area (Å²) in [6.45, 7) is 4.27. The van der Waals surface area contributed by atoms with Crippen LogP contribution in [-0.2, 0) is 9.59 Å². The number of carboxylic acids is 1. The lowest BCUT2D eigenvalue weighted by atomic mass is 9.98. The molecular formula is C11H18ClNO3. The van der Waals surface area contributed by atoms with Gasteiger partial charge in [-0.2, -0.15) is 0 Å². The number of nitrogens with zero attached hydrogens (tertiary/aromatic N) is 1. The van der Waals surface area contributed by atoms with Crippen molar-refractivity contribution in [2.45, 2.75) is 32.7 Å². The molecule has 3 atom stereocenters. The number of hydrogen-bond acceptors (Lipinski definition) is 2. The summed E-state index contributed by atoms with van der Waals surface area (Å²) in [7, 11) is 0. The number of amides is 1. The Balaban J connectivity index is 2.80. The van der Waals surface area contributed by atoms with Gasteiger partial charge < -0.3 is 10.0 Å². The molecule has 0 bridgehead atoms. The van der Waals surface area contributed by atoms with E-state index in [1.807, 2.05) is 13.8 Å². The fourth-order valence-electron chi connectivity index (χ4n) is 2.09. The first-order chi connectivity index (χ1) is 7.51. The largest absolute Gasteiger partial charge is 0.480 e. The lowest BCUT2D eigenvalue weighted by molar-refractivity contribution is -0.150. The molecule has 0 radical (unpaired) electrons. The maximum absolute atomic E-state index is 11.7. The van der Waals surface area contributed by atoms with Crippen molar-refractivity contribution in [2.24, 2.45) is 11.8 Å². The standard InChI is InChI=1S/C11H18ClNO3/c1-3-7(2)10(11(15)16)13-6-8(5-12)4-9(13)14/h7-8,10H,3-6H2,1-2H3,(H,15,16)/t7-,8?,10+/m0/s1. The van der Waals surface area contributed by atoms with Crippen LogP contribution in [0.15, 0.2) is 0 Å². The summed E-state index contributed by atoms with van der Waals surface area (Å²) in [6, 6.07) is -0.703. The smallest absolute Gasteiger partial charge is 0.326 e. The average Bonchev–Trinajstić information content (AvgIpc) is 2.59. The molecule has 1 aliphatic rings. The zero-order chi connectivity index (χ0) is 12.3. The molecule has 1 heterocycles. The molecule has 16 heavy (non-hydrogen) atoms. The molecule has 0 aromatic heterocycles. The third-order valence-corrected chi connectivity index (χ3v) is 3.66. The summed E-state index contributed by atoms with van der Waals surface area (Å²) in [4.78, 5) is 24.4. The van der Waals surface area contributed by atoms with Crippen molar-refractivity contribution >= 4 is 23.5 Å². The van der Waals surface area contributed by atoms with E-state index < -0.39 is 12.0 Å². The van der Waals surface area contributed by atoms with Crippen LogP contribution in [0.5, 0.6) is 0 Å². The van der Waals surface area contributed by atoms with Crippen molar-refractivity contribution in [1.29, 1.82) is 0 Å². The van der Waals surface area contributed by atoms with E-state index in [1.165, 1.54) is 4.90 Å². The maximum atomic E-state index is 11.7. The number of rotatable bonds is 5. The van der Waals surface area contributed by atoms with Crippen LogP contribution in [0.4, 0.5) is 0 Å². The molecule has 1 N–H and O–H groups in total. The van der Waals surface area contributed by atoms with Crippen molar-refractivity contribution in [3.8, 4) is 0 Å². The Bertz CT molecular complexity index is 282. The highest BCUT2D eigenvalue weighted by Crippen LogP contribution is 2.25. The van der Waals surface area contributed by atoms with Crippen LogP contribution in [0, 0.1) is 11.8 Å². The van der Waals surface area contributed by atoms with Gasteiger partial charge in [-0.05, 0) is 11.8 Å². The third kappa shape index (κ3) is 2.67. The molecule has 1 rings (SSSR count). The number of likely N-dealkylation sites (tertiary alicyclic amines) is 1. The number of carboxylic acid groups (broad SMARTS) is 1. The monoisotopic (exact) mass is 247 g/mol. The summed E-state index contributed by atoms with van der Waals surface area (Å²) < 4.78 is 0. The average molecular weight is 248 g/mol. The van der Waals surface area contributed by atoms with Crippen LogP contribution in [-0.4, -0.2) is 40.3 Å². The minimum absolute atomic E-state index is 0.0319. The minimum Gasteiger partial charge on any atom is -0.480 e. The van der Waals surface area contributed by atoms with Crippen LogP contribution in [0.2, 0.25) is 0 Å². The zero-order valence-corrected chi connectivity index (χ0v) is 10.4. The Hall–Kier alpha value is -0.770. The van der Waals surface area contributed by atoms with Gasteiger partial charge >= 0.3 is 5.97 Å². The third-order valence-electron chi connectivity index (χ3n) is 3.23. The summed E-state index contributed by atoms with van der Waals surface area (Å²) in [5.41, 5.74) is 0. The van der Waals surface area contributed by atoms with E-state index in [0.29, 0.717) is 18.8 Å². The van der Waals surface area contributed by atoms with Crippen molar-refractivity contribution in [3.05, 3.63) is 0 Å². The van der Waals surface area contributed by atoms with Gasteiger partial charge in [0.1, 0.15) is 6.04 Å². The van der Waals surface area contributed by atoms with Gasteiger partial charge in [0.2, 0.25) is 5.91 Å². The van der Waals surface area contributed by atoms with Gasteiger partial charge in [0, 0.05) is 18.8 Å². The van der Waals surface area contributed by atoms with Crippen molar-refractivity contribution in [3.63, 3.8) is 0 Å². The molecule has 1 unspecified atom stereocenters. The highest BCUT2D eigenvalue weighted by Gasteiger charge is 2.39. The predicted molar refractivity (Wildman–Crippen MR) is 61.4 cm³/mol. The van der Waals surface area contributed by atoms with E-state index in [0.717, 1.165) is 6.42 Å². The molecule has 5 heteroatoms. The predicted octanol–water partition coefficient (Wildman–Crippen LogP) is 1.57. The quantitative estimate of drug-likeness (QED) is 0.751. The number of hydrogen-bond donors (Lipinski definition) is 1. The molecule has 0 aromatic carbocycles. The highest BCUT2D eigenvalue weighted by molar-refractivity contribution is 6.18. The molecule has 1 aliphatic heterocycles. The van der Waals surface area contributed by atoms with Gasteiger partial charge in [-0.1, -0.05) is 20.3 Å². The first-order valence-electron chi connectivity index (χ1n) is 5.59. The number of aliphatic carboxylic acids is 1. The second-order valence-corrected chi connectivity index (χ2v) is 4.75. The number of carbonyl (C=O) groups excluding carboxylic acids is 1. The Morgan fingerprint density at radius 2 is 2.31 bits per heavy atom. The van der Waals surface area contributed by atoms with Crippen LogP contribution in [0.3, 0.4) is 0 Å². The maximum Gasteiger partial charge on any atom is 0.326 e. The van der Waals surface area contributed by atoms with E-state index in [-0.39, 0.29) is 17.7 Å². The summed E-state index contributed by atoms with van der Waals surface area (Å²) >= 11 is 5.71. The number of alkyl halides is 1. The van der Waals surface area contributed by atoms with E-state index in [9.17, 15) is 14.7 Å². The van der Waals surface area contributed by atoms with E-state index in [2.05, 4.69) is 0 Å². The zero-order valence-electron chi connectivity index (χ0n) is 9.65. The van der Waals surface area contributed by atoms with Crippen molar-refractivity contribution in [2.75, 3.05) is 12.4 Å². The van der Waals surface area contributed by atoms with Crippen LogP contribution in [0.1, 0.15) is 26.7 Å². The molecular weight excluding hydrogens is 230 g/mol. The molecule has 92 valence electrons. The molecule has 0 spiro atoms. The first kappa shape index (κ1) is 13.3. The van der Waals surface area contributed by atoms with E-state index in [1.54, 1.807) is 0 Å². The van der Waals surface area contributed by atoms with Gasteiger partial charge in [0.25, 0.3) is 0 Å². The lowest BCUT2D eigenvalue weighted by Gasteiger charge is -2.29. The molecule has 0 aromatic rings. The SMILES string of the molecule is CC[C@H](C)[C@H](C(=O)O)N1CC(CCl)CC1=O. The van der Waals surface area contributed by atoms with Crippen LogP contribution in [0.25, 0.3) is 0 Å². The second-order valence-electron chi connectivity index (χ2n) is 4.44. The lowest BCUT2D eigenvalue weighted by Crippen LogP contribution is -2.46. The minimum atomic E-state index is -0.919. The second kappa shape index (κ2) is 5.53. The Morgan fingerprint density at radius 1 is 1.69 bits per heavy atom. The Morgan fingerprint density at radius 3 is 2.69 bits per heavy atom. The number of carbonyl (C=O) groups is 2. The Kier molecular flexibility index (Phi) is 4.59. The fraction of sp³-hybridized carbons (Fsp3) is 0.818. The van der Waals surface area contributed by atoms with Gasteiger partial charge in [-0.3, -0.25) is 4.79 Å². The summed E-state index contributed by atoms with van der Waals surface area (Å²) in [5.74, 6) is -0.526. The summed E-state index contributed by atoms with van der Waals surface area (Å²) in [5, 5.41) is 9.19. The van der Waals surface area contributed by atoms with Crippen molar-refractivity contribution < 1.29 is 14.7 Å². The first-order valence-corrected chi connectivity index (χ1v) is 6.12. The van der Waals surface area contributed by atoms with Crippen LogP contribution < -0.4 is 0 Å². The van der Waals surface area contributed by atoms with Gasteiger partial charge in [-0.15, -0.1) is 11.6 Å². The molecule has 4 nitrogen and oxygen atoms in total. The van der Waals surface area contributed by atoms with Gasteiger partial charge in [0.15, 0.2) is 0 Å². The fourth-order valence-corrected chi connectivity index (χ4v) is 2.29. The van der Waals surface area contributed by atoms with Crippen molar-refractivity contribution in [1.82, 2.24) is 4.90 Å². The topological polar surface area (TPSA) is 57.6 Å². The van der Waals surface area contributed by atoms with E-state index in [4.69, 9.17) is 11.6 Å². The molecule has 1 fully saturated rings. The molecule has 1 amide bonds. The van der Waals surface area contributed by atoms with Gasteiger partial charge in [-0.25, -0.2) is 4.79 Å². The summed E-state index contributed by atoms with van der Waals surface area (Å²) in [6.07, 6.45) is 1.12. The molecule has 0 saturated carbocycles. The molecule has 0 aliphatic carbocycles. The van der Waals surface area contributed by atoms with Crippen LogP contribution >= 0.6 is 11.6 Å². The van der Waals surface area contributed by atoms with Gasteiger partial charge in [0.05, 0.1) is 0 Å².